The maximum absolute atomic E-state index is 9.71. The number of hydrogen-bond acceptors (Lipinski definition) is 7. The molecule has 0 aromatic heterocycles. The van der Waals surface area contributed by atoms with Gasteiger partial charge in [0.2, 0.25) is 12.5 Å². The molecule has 0 bridgehead atoms. The van der Waals surface area contributed by atoms with Crippen LogP contribution in [-0.2, 0) is 6.42 Å². The molecule has 0 saturated heterocycles. The summed E-state index contributed by atoms with van der Waals surface area (Å²) in [5.74, 6) is 2.84. The van der Waals surface area contributed by atoms with Gasteiger partial charge in [0.25, 0.3) is 0 Å². The average molecular weight is 384 g/mol. The van der Waals surface area contributed by atoms with Crippen LogP contribution in [0.25, 0.3) is 0 Å². The van der Waals surface area contributed by atoms with Crippen molar-refractivity contribution in [1.29, 1.82) is 0 Å². The largest absolute Gasteiger partial charge is 0.497 e. The van der Waals surface area contributed by atoms with E-state index in [0.717, 1.165) is 35.6 Å². The van der Waals surface area contributed by atoms with Crippen molar-refractivity contribution >= 4 is 5.71 Å². The van der Waals surface area contributed by atoms with E-state index in [2.05, 4.69) is 17.1 Å². The minimum Gasteiger partial charge on any atom is -0.497 e. The number of hydrogen-bond donors (Lipinski definition) is 1. The lowest BCUT2D eigenvalue weighted by atomic mass is 9.87. The molecule has 2 heterocycles. The van der Waals surface area contributed by atoms with E-state index < -0.39 is 0 Å². The Kier molecular flexibility index (Phi) is 5.00. The zero-order valence-electron chi connectivity index (χ0n) is 16.3. The Bertz CT molecular complexity index is 895. The van der Waals surface area contributed by atoms with Gasteiger partial charge in [-0.2, -0.15) is 0 Å². The third-order valence-electron chi connectivity index (χ3n) is 5.48. The standard InChI is InChI=1S/C21H24N2O5/c1-23-9-8-14-10-18-20(28-12-27-18)21(26-3)19(14)17(23)11-16(22-24)13-4-6-15(25-2)7-5-13/h4-7,10,17,24H,8-9,11-12H2,1-3H3/b22-16+/t17-/m1/s1. The topological polar surface area (TPSA) is 72.8 Å². The van der Waals surface area contributed by atoms with Crippen LogP contribution in [0.15, 0.2) is 35.5 Å². The fourth-order valence-electron chi connectivity index (χ4n) is 3.97. The molecule has 2 aromatic carbocycles. The first-order chi connectivity index (χ1) is 13.7. The van der Waals surface area contributed by atoms with E-state index in [1.807, 2.05) is 30.3 Å². The van der Waals surface area contributed by atoms with Gasteiger partial charge in [-0.1, -0.05) is 5.16 Å². The molecule has 7 heteroatoms. The summed E-state index contributed by atoms with van der Waals surface area (Å²) >= 11 is 0. The lowest BCUT2D eigenvalue weighted by Crippen LogP contribution is -2.34. The highest BCUT2D eigenvalue weighted by Crippen LogP contribution is 2.50. The normalized spacial score (nSPS) is 18.7. The molecule has 148 valence electrons. The Morgan fingerprint density at radius 1 is 1.21 bits per heavy atom. The summed E-state index contributed by atoms with van der Waals surface area (Å²) in [6, 6.07) is 9.54. The summed E-state index contributed by atoms with van der Waals surface area (Å²) in [7, 11) is 5.34. The molecular weight excluding hydrogens is 360 g/mol. The second-order valence-electron chi connectivity index (χ2n) is 6.94. The van der Waals surface area contributed by atoms with Crippen molar-refractivity contribution < 1.29 is 24.2 Å². The Morgan fingerprint density at radius 2 is 2.00 bits per heavy atom. The zero-order chi connectivity index (χ0) is 19.7. The SMILES string of the molecule is COc1ccc(/C(C[C@@H]2c3c(cc4c(c3OC)OCO4)CCN2C)=N/O)cc1. The number of rotatable bonds is 5. The zero-order valence-corrected chi connectivity index (χ0v) is 16.3. The first kappa shape index (κ1) is 18.4. The number of likely N-dealkylation sites (N-methyl/N-ethyl adjacent to an activating group) is 1. The van der Waals surface area contributed by atoms with Crippen LogP contribution in [0.5, 0.6) is 23.0 Å². The Hall–Kier alpha value is -2.93. The highest BCUT2D eigenvalue weighted by molar-refractivity contribution is 6.00. The van der Waals surface area contributed by atoms with E-state index in [1.54, 1.807) is 14.2 Å². The van der Waals surface area contributed by atoms with Crippen LogP contribution in [0.2, 0.25) is 0 Å². The van der Waals surface area contributed by atoms with E-state index in [0.29, 0.717) is 23.6 Å². The van der Waals surface area contributed by atoms with Crippen LogP contribution in [0, 0.1) is 0 Å². The van der Waals surface area contributed by atoms with Crippen LogP contribution in [-0.4, -0.2) is 50.4 Å². The predicted molar refractivity (Wildman–Crippen MR) is 104 cm³/mol. The van der Waals surface area contributed by atoms with Crippen LogP contribution in [0.1, 0.15) is 29.2 Å². The van der Waals surface area contributed by atoms with Crippen LogP contribution in [0.3, 0.4) is 0 Å². The first-order valence-corrected chi connectivity index (χ1v) is 9.21. The lowest BCUT2D eigenvalue weighted by Gasteiger charge is -2.36. The quantitative estimate of drug-likeness (QED) is 0.485. The molecule has 0 aliphatic carbocycles. The van der Waals surface area contributed by atoms with Gasteiger partial charge < -0.3 is 24.2 Å². The molecule has 0 amide bonds. The van der Waals surface area contributed by atoms with Crippen LogP contribution in [0.4, 0.5) is 0 Å². The van der Waals surface area contributed by atoms with Gasteiger partial charge in [-0.05, 0) is 54.9 Å². The van der Waals surface area contributed by atoms with E-state index in [1.165, 1.54) is 5.56 Å². The third-order valence-corrected chi connectivity index (χ3v) is 5.48. The van der Waals surface area contributed by atoms with Crippen molar-refractivity contribution in [2.24, 2.45) is 5.16 Å². The number of benzene rings is 2. The van der Waals surface area contributed by atoms with Gasteiger partial charge in [0.15, 0.2) is 11.5 Å². The summed E-state index contributed by atoms with van der Waals surface area (Å²) in [6.07, 6.45) is 1.42. The van der Waals surface area contributed by atoms with E-state index in [4.69, 9.17) is 18.9 Å². The number of oxime groups is 1. The van der Waals surface area contributed by atoms with E-state index >= 15 is 0 Å². The van der Waals surface area contributed by atoms with Crippen LogP contribution < -0.4 is 18.9 Å². The van der Waals surface area contributed by atoms with Crippen LogP contribution >= 0.6 is 0 Å². The molecule has 2 aliphatic heterocycles. The third kappa shape index (κ3) is 3.11. The van der Waals surface area contributed by atoms with Gasteiger partial charge >= 0.3 is 0 Å². The monoisotopic (exact) mass is 384 g/mol. The maximum atomic E-state index is 9.71. The molecule has 0 unspecified atom stereocenters. The Labute approximate surface area is 164 Å². The molecule has 7 nitrogen and oxygen atoms in total. The van der Waals surface area contributed by atoms with Crippen molar-refractivity contribution in [3.8, 4) is 23.0 Å². The second kappa shape index (κ2) is 7.59. The number of fused-ring (bicyclic) bond motifs is 2. The Balaban J connectivity index is 1.72. The number of ether oxygens (including phenoxy) is 4. The molecule has 2 aliphatic rings. The molecule has 2 aromatic rings. The van der Waals surface area contributed by atoms with E-state index in [-0.39, 0.29) is 12.8 Å². The molecule has 0 radical (unpaired) electrons. The molecule has 0 fully saturated rings. The first-order valence-electron chi connectivity index (χ1n) is 9.21. The Morgan fingerprint density at radius 3 is 2.68 bits per heavy atom. The molecule has 0 spiro atoms. The summed E-state index contributed by atoms with van der Waals surface area (Å²) in [5.41, 5.74) is 3.70. The predicted octanol–water partition coefficient (Wildman–Crippen LogP) is 3.23. The highest BCUT2D eigenvalue weighted by Gasteiger charge is 2.34. The van der Waals surface area contributed by atoms with Crippen molar-refractivity contribution in [3.63, 3.8) is 0 Å². The van der Waals surface area contributed by atoms with Gasteiger partial charge in [0.05, 0.1) is 19.9 Å². The smallest absolute Gasteiger partial charge is 0.231 e. The molecular formula is C21H24N2O5. The van der Waals surface area contributed by atoms with Crippen molar-refractivity contribution in [1.82, 2.24) is 4.90 Å². The molecule has 28 heavy (non-hydrogen) atoms. The van der Waals surface area contributed by atoms with Gasteiger partial charge in [-0.25, -0.2) is 0 Å². The molecule has 4 rings (SSSR count). The summed E-state index contributed by atoms with van der Waals surface area (Å²) in [4.78, 5) is 2.25. The number of nitrogens with zero attached hydrogens (tertiary/aromatic N) is 2. The van der Waals surface area contributed by atoms with Gasteiger partial charge in [-0.15, -0.1) is 0 Å². The summed E-state index contributed by atoms with van der Waals surface area (Å²) < 4.78 is 22.2. The maximum Gasteiger partial charge on any atom is 0.231 e. The second-order valence-corrected chi connectivity index (χ2v) is 6.94. The van der Waals surface area contributed by atoms with Gasteiger partial charge in [0, 0.05) is 24.6 Å². The minimum absolute atomic E-state index is 0.0128. The van der Waals surface area contributed by atoms with Gasteiger partial charge in [-0.3, -0.25) is 4.90 Å². The molecule has 1 atom stereocenters. The van der Waals surface area contributed by atoms with Crippen molar-refractivity contribution in [2.45, 2.75) is 18.9 Å². The summed E-state index contributed by atoms with van der Waals surface area (Å²) in [6.45, 7) is 1.09. The van der Waals surface area contributed by atoms with Crippen molar-refractivity contribution in [3.05, 3.63) is 47.0 Å². The summed E-state index contributed by atoms with van der Waals surface area (Å²) in [5, 5.41) is 13.3. The lowest BCUT2D eigenvalue weighted by molar-refractivity contribution is 0.170. The molecule has 0 saturated carbocycles. The van der Waals surface area contributed by atoms with E-state index in [9.17, 15) is 5.21 Å². The van der Waals surface area contributed by atoms with Crippen molar-refractivity contribution in [2.75, 3.05) is 34.6 Å². The minimum atomic E-state index is -0.0128. The fourth-order valence-corrected chi connectivity index (χ4v) is 3.97. The van der Waals surface area contributed by atoms with Gasteiger partial charge in [0.1, 0.15) is 5.75 Å². The average Bonchev–Trinajstić information content (AvgIpc) is 3.20. The highest BCUT2D eigenvalue weighted by atomic mass is 16.7. The fraction of sp³-hybridized carbons (Fsp3) is 0.381. The number of methoxy groups -OCH3 is 2. The molecule has 1 N–H and O–H groups in total.